The third-order valence-corrected chi connectivity index (χ3v) is 7.88. The van der Waals surface area contributed by atoms with Gasteiger partial charge in [-0.05, 0) is 62.3 Å². The summed E-state index contributed by atoms with van der Waals surface area (Å²) < 4.78 is 7.52. The van der Waals surface area contributed by atoms with Gasteiger partial charge in [-0.1, -0.05) is 32.8 Å². The van der Waals surface area contributed by atoms with Crippen molar-refractivity contribution in [2.24, 2.45) is 11.8 Å². The van der Waals surface area contributed by atoms with Gasteiger partial charge in [0, 0.05) is 23.9 Å². The van der Waals surface area contributed by atoms with Gasteiger partial charge in [0.1, 0.15) is 11.2 Å². The van der Waals surface area contributed by atoms with Crippen molar-refractivity contribution in [1.29, 1.82) is 0 Å². The lowest BCUT2D eigenvalue weighted by atomic mass is 9.77. The first-order valence-corrected chi connectivity index (χ1v) is 12.0. The fourth-order valence-corrected chi connectivity index (χ4v) is 5.81. The summed E-state index contributed by atoms with van der Waals surface area (Å²) >= 11 is 0. The molecule has 1 N–H and O–H groups in total. The molecule has 174 valence electrons. The number of carbonyl (C=O) groups is 2. The molecule has 0 unspecified atom stereocenters. The maximum absolute atomic E-state index is 14.0. The van der Waals surface area contributed by atoms with Crippen LogP contribution in [0.1, 0.15) is 61.6 Å². The lowest BCUT2D eigenvalue weighted by molar-refractivity contribution is -0.128. The molecule has 1 aliphatic carbocycles. The number of aromatic nitrogens is 1. The van der Waals surface area contributed by atoms with E-state index in [0.29, 0.717) is 29.7 Å². The first-order valence-electron chi connectivity index (χ1n) is 12.0. The molecule has 5 rings (SSSR count). The summed E-state index contributed by atoms with van der Waals surface area (Å²) in [7, 11) is 0. The van der Waals surface area contributed by atoms with Crippen LogP contribution in [0.15, 0.2) is 41.0 Å². The molecule has 3 heterocycles. The van der Waals surface area contributed by atoms with Crippen molar-refractivity contribution in [3.8, 4) is 0 Å². The van der Waals surface area contributed by atoms with E-state index in [2.05, 4.69) is 25.2 Å². The molecule has 33 heavy (non-hydrogen) atoms. The van der Waals surface area contributed by atoms with Crippen molar-refractivity contribution in [3.63, 3.8) is 0 Å². The maximum atomic E-state index is 14.0. The third kappa shape index (κ3) is 3.47. The summed E-state index contributed by atoms with van der Waals surface area (Å²) in [6.45, 7) is 10.8. The Kier molecular flexibility index (Phi) is 5.15. The van der Waals surface area contributed by atoms with Crippen molar-refractivity contribution in [1.82, 2.24) is 9.88 Å². The third-order valence-electron chi connectivity index (χ3n) is 7.88. The number of nitrogens with zero attached hydrogens (tertiary/aromatic N) is 2. The van der Waals surface area contributed by atoms with E-state index in [9.17, 15) is 9.59 Å². The van der Waals surface area contributed by atoms with Crippen LogP contribution in [0.2, 0.25) is 0 Å². The minimum Gasteiger partial charge on any atom is -0.463 e. The molecule has 4 atom stereocenters. The van der Waals surface area contributed by atoms with Crippen LogP contribution in [0.3, 0.4) is 0 Å². The highest BCUT2D eigenvalue weighted by molar-refractivity contribution is 6.13. The average molecular weight is 448 g/mol. The molecular formula is C27H33N3O3. The smallest absolute Gasteiger partial charge is 0.276 e. The molecule has 1 aliphatic heterocycles. The Morgan fingerprint density at radius 1 is 1.12 bits per heavy atom. The molecule has 1 saturated carbocycles. The number of furan rings is 1. The average Bonchev–Trinajstić information content (AvgIpc) is 3.33. The molecule has 0 spiro atoms. The normalized spacial score (nSPS) is 27.6. The Hall–Kier alpha value is -3.02. The minimum atomic E-state index is -1.08. The zero-order valence-corrected chi connectivity index (χ0v) is 20.1. The van der Waals surface area contributed by atoms with Gasteiger partial charge in [-0.3, -0.25) is 14.5 Å². The van der Waals surface area contributed by atoms with E-state index in [0.717, 1.165) is 35.2 Å². The molecular weight excluding hydrogens is 414 g/mol. The highest BCUT2D eigenvalue weighted by Crippen LogP contribution is 2.38. The lowest BCUT2D eigenvalue weighted by Gasteiger charge is -2.45. The van der Waals surface area contributed by atoms with E-state index in [4.69, 9.17) is 4.42 Å². The number of nitrogens with one attached hydrogen (secondary N) is 1. The van der Waals surface area contributed by atoms with Gasteiger partial charge in [-0.25, -0.2) is 0 Å². The number of hydrogen-bond acceptors (Lipinski definition) is 3. The summed E-state index contributed by atoms with van der Waals surface area (Å²) in [6.07, 6.45) is 4.92. The molecule has 6 nitrogen and oxygen atoms in total. The van der Waals surface area contributed by atoms with Gasteiger partial charge in [0.15, 0.2) is 5.58 Å². The van der Waals surface area contributed by atoms with Gasteiger partial charge in [-0.15, -0.1) is 0 Å². The number of carbonyl (C=O) groups excluding carboxylic acids is 2. The molecule has 1 aromatic carbocycles. The van der Waals surface area contributed by atoms with Crippen molar-refractivity contribution in [2.45, 2.75) is 72.0 Å². The Morgan fingerprint density at radius 2 is 1.85 bits per heavy atom. The van der Waals surface area contributed by atoms with Crippen LogP contribution in [0.4, 0.5) is 5.69 Å². The Balaban J connectivity index is 1.60. The molecule has 0 saturated heterocycles. The van der Waals surface area contributed by atoms with Gasteiger partial charge in [0.05, 0.1) is 18.3 Å². The van der Waals surface area contributed by atoms with Crippen molar-refractivity contribution in [2.75, 3.05) is 4.90 Å². The topological polar surface area (TPSA) is 67.5 Å². The lowest BCUT2D eigenvalue weighted by Crippen LogP contribution is -2.66. The molecule has 0 radical (unpaired) electrons. The van der Waals surface area contributed by atoms with Crippen LogP contribution in [0.5, 0.6) is 0 Å². The van der Waals surface area contributed by atoms with Crippen molar-refractivity contribution < 1.29 is 14.0 Å². The van der Waals surface area contributed by atoms with E-state index >= 15 is 0 Å². The van der Waals surface area contributed by atoms with E-state index in [1.807, 2.05) is 43.5 Å². The number of benzene rings is 1. The van der Waals surface area contributed by atoms with E-state index in [-0.39, 0.29) is 17.9 Å². The molecule has 2 aromatic heterocycles. The van der Waals surface area contributed by atoms with Crippen LogP contribution in [0, 0.1) is 25.7 Å². The fourth-order valence-electron chi connectivity index (χ4n) is 5.81. The Labute approximate surface area is 194 Å². The van der Waals surface area contributed by atoms with Crippen LogP contribution >= 0.6 is 0 Å². The molecule has 6 heteroatoms. The second-order valence-corrected chi connectivity index (χ2v) is 10.4. The number of rotatable bonds is 3. The van der Waals surface area contributed by atoms with Crippen LogP contribution in [0.25, 0.3) is 11.1 Å². The first kappa shape index (κ1) is 21.8. The van der Waals surface area contributed by atoms with Gasteiger partial charge in [0.2, 0.25) is 5.91 Å². The maximum Gasteiger partial charge on any atom is 0.276 e. The molecule has 2 amide bonds. The number of fused-ring (bicyclic) bond motifs is 3. The molecule has 2 aliphatic rings. The highest BCUT2D eigenvalue weighted by atomic mass is 16.3. The minimum absolute atomic E-state index is 0.100. The van der Waals surface area contributed by atoms with Crippen molar-refractivity contribution in [3.05, 3.63) is 53.4 Å². The van der Waals surface area contributed by atoms with Crippen LogP contribution in [-0.2, 0) is 11.3 Å². The van der Waals surface area contributed by atoms with Crippen molar-refractivity contribution >= 4 is 28.6 Å². The SMILES string of the molecule is Cc1cc(C)cc(N2C(=O)c3cc4occc4n3C[C@]2(C)C(=O)N[C@@H]2CCC[C@@H](C)[C@H]2C)c1. The highest BCUT2D eigenvalue weighted by Gasteiger charge is 2.49. The van der Waals surface area contributed by atoms with Gasteiger partial charge < -0.3 is 14.3 Å². The van der Waals surface area contributed by atoms with E-state index in [1.165, 1.54) is 6.42 Å². The summed E-state index contributed by atoms with van der Waals surface area (Å²) in [5.74, 6) is 0.697. The van der Waals surface area contributed by atoms with E-state index in [1.54, 1.807) is 17.2 Å². The fraction of sp³-hybridized carbons (Fsp3) is 0.481. The van der Waals surface area contributed by atoms with Gasteiger partial charge in [0.25, 0.3) is 5.91 Å². The van der Waals surface area contributed by atoms with Gasteiger partial charge >= 0.3 is 0 Å². The van der Waals surface area contributed by atoms with E-state index < -0.39 is 5.54 Å². The first-order chi connectivity index (χ1) is 15.7. The Bertz CT molecular complexity index is 1220. The summed E-state index contributed by atoms with van der Waals surface area (Å²) in [4.78, 5) is 29.6. The van der Waals surface area contributed by atoms with Crippen LogP contribution < -0.4 is 10.2 Å². The standard InChI is InChI=1S/C27H33N3O3/c1-16-11-17(2)13-20(12-16)30-25(31)23-14-24-22(9-10-33-24)29(23)15-27(30,5)26(32)28-21-8-6-7-18(3)19(21)4/h9-14,18-19,21H,6-8,15H2,1-5H3,(H,28,32)/t18-,19-,21-,27-/m1/s1. The molecule has 0 bridgehead atoms. The monoisotopic (exact) mass is 447 g/mol. The number of amides is 2. The largest absolute Gasteiger partial charge is 0.463 e. The van der Waals surface area contributed by atoms with Crippen LogP contribution in [-0.4, -0.2) is 28.0 Å². The zero-order chi connectivity index (χ0) is 23.5. The summed E-state index contributed by atoms with van der Waals surface area (Å²) in [5, 5.41) is 3.35. The Morgan fingerprint density at radius 3 is 2.58 bits per heavy atom. The number of aryl methyl sites for hydroxylation is 2. The quantitative estimate of drug-likeness (QED) is 0.599. The summed E-state index contributed by atoms with van der Waals surface area (Å²) in [6, 6.07) is 9.83. The number of anilines is 1. The molecule has 3 aromatic rings. The second kappa shape index (κ2) is 7.79. The zero-order valence-electron chi connectivity index (χ0n) is 20.1. The molecule has 1 fully saturated rings. The number of hydrogen-bond donors (Lipinski definition) is 1. The predicted molar refractivity (Wildman–Crippen MR) is 129 cm³/mol. The summed E-state index contributed by atoms with van der Waals surface area (Å²) in [5.41, 5.74) is 3.86. The predicted octanol–water partition coefficient (Wildman–Crippen LogP) is 5.21. The second-order valence-electron chi connectivity index (χ2n) is 10.4. The van der Waals surface area contributed by atoms with Gasteiger partial charge in [-0.2, -0.15) is 0 Å².